The molecule has 0 saturated carbocycles. The average Bonchev–Trinajstić information content (AvgIpc) is 2.86. The van der Waals surface area contributed by atoms with Crippen molar-refractivity contribution in [1.29, 1.82) is 0 Å². The van der Waals surface area contributed by atoms with Crippen LogP contribution in [0.4, 0.5) is 4.39 Å². The van der Waals surface area contributed by atoms with E-state index in [-0.39, 0.29) is 12.1 Å². The van der Waals surface area contributed by atoms with Crippen LogP contribution in [0.1, 0.15) is 16.8 Å². The van der Waals surface area contributed by atoms with E-state index >= 15 is 0 Å². The molecule has 2 aliphatic rings. The van der Waals surface area contributed by atoms with Gasteiger partial charge in [-0.15, -0.1) is 0 Å². The predicted octanol–water partition coefficient (Wildman–Crippen LogP) is -0.478. The number of halogens is 1. The Morgan fingerprint density at radius 1 is 1.18 bits per heavy atom. The molecule has 0 spiro atoms. The minimum Gasteiger partial charge on any atom is -0.455 e. The minimum absolute atomic E-state index is 0.173. The van der Waals surface area contributed by atoms with E-state index in [4.69, 9.17) is 4.74 Å². The van der Waals surface area contributed by atoms with E-state index in [2.05, 4.69) is 0 Å². The second-order valence-electron chi connectivity index (χ2n) is 5.77. The van der Waals surface area contributed by atoms with Crippen molar-refractivity contribution in [3.63, 3.8) is 0 Å². The van der Waals surface area contributed by atoms with Crippen molar-refractivity contribution in [2.24, 2.45) is 0 Å². The number of hydrogen-bond donors (Lipinski definition) is 3. The Bertz CT molecular complexity index is 551. The largest absolute Gasteiger partial charge is 0.455 e. The van der Waals surface area contributed by atoms with Gasteiger partial charge in [0.2, 0.25) is 0 Å². The number of piperidine rings is 1. The highest BCUT2D eigenvalue weighted by Crippen LogP contribution is 2.29. The lowest BCUT2D eigenvalue weighted by molar-refractivity contribution is -0.143. The van der Waals surface area contributed by atoms with Gasteiger partial charge < -0.3 is 20.1 Å². The zero-order chi connectivity index (χ0) is 15.9. The highest BCUT2D eigenvalue weighted by atomic mass is 19.1. The number of rotatable bonds is 2. The number of aliphatic hydroxyl groups is 3. The molecule has 2 saturated heterocycles. The molecule has 2 aliphatic heterocycles. The Balaban J connectivity index is 1.70. The third-order valence-corrected chi connectivity index (χ3v) is 4.36. The van der Waals surface area contributed by atoms with Crippen LogP contribution in [0.25, 0.3) is 0 Å². The van der Waals surface area contributed by atoms with Crippen molar-refractivity contribution >= 4 is 5.97 Å². The van der Waals surface area contributed by atoms with Gasteiger partial charge in [0.25, 0.3) is 0 Å². The molecule has 0 unspecified atom stereocenters. The Morgan fingerprint density at radius 3 is 2.55 bits per heavy atom. The Hall–Kier alpha value is -1.54. The first-order chi connectivity index (χ1) is 10.5. The lowest BCUT2D eigenvalue weighted by atomic mass is 9.93. The number of carbonyl (C=O) groups is 1. The number of fused-ring (bicyclic) bond motifs is 1. The highest BCUT2D eigenvalue weighted by molar-refractivity contribution is 5.89. The first kappa shape index (κ1) is 15.4. The molecular weight excluding hydrogens is 293 g/mol. The van der Waals surface area contributed by atoms with Crippen molar-refractivity contribution < 1.29 is 29.2 Å². The first-order valence-electron chi connectivity index (χ1n) is 7.22. The van der Waals surface area contributed by atoms with E-state index in [1.54, 1.807) is 0 Å². The Kier molecular flexibility index (Phi) is 4.14. The Labute approximate surface area is 126 Å². The fourth-order valence-electron chi connectivity index (χ4n) is 3.18. The number of aliphatic hydroxyl groups excluding tert-OH is 3. The number of nitrogens with zero attached hydrogens (tertiary/aromatic N) is 1. The maximum Gasteiger partial charge on any atom is 0.338 e. The second-order valence-corrected chi connectivity index (χ2v) is 5.77. The van der Waals surface area contributed by atoms with Gasteiger partial charge in [0.1, 0.15) is 24.1 Å². The molecule has 1 aromatic rings. The van der Waals surface area contributed by atoms with Gasteiger partial charge in [0.05, 0.1) is 17.7 Å². The van der Waals surface area contributed by atoms with Gasteiger partial charge >= 0.3 is 5.97 Å². The standard InChI is InChI=1S/C15H18FNO5/c16-9-3-1-8(2-4-9)15(21)22-11-7-17-6-5-10(18)12(17)14(20)13(11)19/h1-4,10-14,18-20H,5-7H2/t10-,11-,12+,13+,14+/m0/s1. The topological polar surface area (TPSA) is 90.2 Å². The van der Waals surface area contributed by atoms with Crippen molar-refractivity contribution in [3.8, 4) is 0 Å². The van der Waals surface area contributed by atoms with Crippen LogP contribution in [0.3, 0.4) is 0 Å². The van der Waals surface area contributed by atoms with Gasteiger partial charge in [0, 0.05) is 13.1 Å². The summed E-state index contributed by atoms with van der Waals surface area (Å²) in [7, 11) is 0. The average molecular weight is 311 g/mol. The fourth-order valence-corrected chi connectivity index (χ4v) is 3.18. The maximum absolute atomic E-state index is 12.9. The van der Waals surface area contributed by atoms with Crippen LogP contribution >= 0.6 is 0 Å². The van der Waals surface area contributed by atoms with Crippen molar-refractivity contribution in [2.75, 3.05) is 13.1 Å². The third kappa shape index (κ3) is 2.72. The molecule has 0 aliphatic carbocycles. The van der Waals surface area contributed by atoms with Crippen LogP contribution < -0.4 is 0 Å². The molecule has 22 heavy (non-hydrogen) atoms. The summed E-state index contributed by atoms with van der Waals surface area (Å²) in [6, 6.07) is 4.36. The molecule has 0 aromatic heterocycles. The van der Waals surface area contributed by atoms with Gasteiger partial charge in [-0.2, -0.15) is 0 Å². The quantitative estimate of drug-likeness (QED) is 0.639. The van der Waals surface area contributed by atoms with Gasteiger partial charge in [-0.05, 0) is 30.7 Å². The number of hydrogen-bond acceptors (Lipinski definition) is 6. The SMILES string of the molecule is O=C(O[C@H]1CN2CC[C@H](O)[C@@H]2[C@@H](O)[C@@H]1O)c1ccc(F)cc1. The molecule has 1 aromatic carbocycles. The zero-order valence-corrected chi connectivity index (χ0v) is 11.8. The molecule has 3 N–H and O–H groups in total. The molecule has 2 fully saturated rings. The van der Waals surface area contributed by atoms with Crippen LogP contribution in [0.15, 0.2) is 24.3 Å². The van der Waals surface area contributed by atoms with Crippen LogP contribution in [0.2, 0.25) is 0 Å². The molecule has 0 radical (unpaired) electrons. The van der Waals surface area contributed by atoms with Crippen LogP contribution in [-0.4, -0.2) is 69.7 Å². The monoisotopic (exact) mass is 311 g/mol. The van der Waals surface area contributed by atoms with Crippen LogP contribution in [0.5, 0.6) is 0 Å². The summed E-state index contributed by atoms with van der Waals surface area (Å²) in [5, 5.41) is 30.1. The lowest BCUT2D eigenvalue weighted by Gasteiger charge is -2.42. The normalized spacial score (nSPS) is 35.2. The molecular formula is C15H18FNO5. The number of ether oxygens (including phenoxy) is 1. The molecule has 0 amide bonds. The van der Waals surface area contributed by atoms with Crippen molar-refractivity contribution in [2.45, 2.75) is 36.9 Å². The molecule has 5 atom stereocenters. The summed E-state index contributed by atoms with van der Waals surface area (Å²) in [6.45, 7) is 0.813. The molecule has 6 nitrogen and oxygen atoms in total. The first-order valence-corrected chi connectivity index (χ1v) is 7.22. The minimum atomic E-state index is -1.27. The number of benzene rings is 1. The summed E-state index contributed by atoms with van der Waals surface area (Å²) in [5.74, 6) is -1.15. The van der Waals surface area contributed by atoms with Gasteiger partial charge in [0.15, 0.2) is 0 Å². The van der Waals surface area contributed by atoms with E-state index in [0.29, 0.717) is 13.0 Å². The van der Waals surface area contributed by atoms with Gasteiger partial charge in [-0.25, -0.2) is 9.18 Å². The van der Waals surface area contributed by atoms with E-state index in [0.717, 1.165) is 12.1 Å². The van der Waals surface area contributed by atoms with Crippen LogP contribution in [-0.2, 0) is 4.74 Å². The fraction of sp³-hybridized carbons (Fsp3) is 0.533. The summed E-state index contributed by atoms with van der Waals surface area (Å²) in [6.07, 6.45) is -3.53. The van der Waals surface area contributed by atoms with Crippen LogP contribution in [0, 0.1) is 5.82 Å². The number of esters is 1. The predicted molar refractivity (Wildman–Crippen MR) is 73.6 cm³/mol. The molecule has 120 valence electrons. The van der Waals surface area contributed by atoms with Gasteiger partial charge in [-0.1, -0.05) is 0 Å². The second kappa shape index (κ2) is 5.92. The van der Waals surface area contributed by atoms with E-state index in [9.17, 15) is 24.5 Å². The van der Waals surface area contributed by atoms with E-state index in [1.807, 2.05) is 4.90 Å². The van der Waals surface area contributed by atoms with Gasteiger partial charge in [-0.3, -0.25) is 4.90 Å². The molecule has 2 heterocycles. The molecule has 3 rings (SSSR count). The summed E-state index contributed by atoms with van der Waals surface area (Å²) in [5.41, 5.74) is 0.173. The summed E-state index contributed by atoms with van der Waals surface area (Å²) < 4.78 is 18.1. The van der Waals surface area contributed by atoms with E-state index in [1.165, 1.54) is 12.1 Å². The molecule has 7 heteroatoms. The third-order valence-electron chi connectivity index (χ3n) is 4.36. The zero-order valence-electron chi connectivity index (χ0n) is 11.8. The van der Waals surface area contributed by atoms with E-state index < -0.39 is 42.2 Å². The van der Waals surface area contributed by atoms with Crippen molar-refractivity contribution in [1.82, 2.24) is 4.90 Å². The smallest absolute Gasteiger partial charge is 0.338 e. The summed E-state index contributed by atoms with van der Waals surface area (Å²) in [4.78, 5) is 13.8. The highest BCUT2D eigenvalue weighted by Gasteiger charge is 2.49. The lowest BCUT2D eigenvalue weighted by Crippen LogP contribution is -2.62. The maximum atomic E-state index is 12.9. The van der Waals surface area contributed by atoms with Crippen molar-refractivity contribution in [3.05, 3.63) is 35.6 Å². The number of carbonyl (C=O) groups excluding carboxylic acids is 1. The summed E-state index contributed by atoms with van der Waals surface area (Å²) >= 11 is 0. The Morgan fingerprint density at radius 2 is 1.86 bits per heavy atom. The molecule has 0 bridgehead atoms.